The molecule has 1 rings (SSSR count). The van der Waals surface area contributed by atoms with E-state index in [1.807, 2.05) is 6.92 Å². The molecule has 0 aliphatic carbocycles. The average molecular weight is 341 g/mol. The molecule has 0 radical (unpaired) electrons. The van der Waals surface area contributed by atoms with Crippen LogP contribution in [0.25, 0.3) is 0 Å². The molecule has 0 saturated heterocycles. The second-order valence-corrected chi connectivity index (χ2v) is 5.30. The molecule has 0 fully saturated rings. The van der Waals surface area contributed by atoms with Gasteiger partial charge in [0.15, 0.2) is 0 Å². The van der Waals surface area contributed by atoms with Gasteiger partial charge in [-0.3, -0.25) is 0 Å². The molecule has 0 heterocycles. The Labute approximate surface area is 118 Å². The number of carbonyl (C=O) groups is 1. The highest BCUT2D eigenvalue weighted by atomic mass is 79.9. The van der Waals surface area contributed by atoms with Crippen LogP contribution in [0.1, 0.15) is 19.8 Å². The SMILES string of the molecule is CCCC(Nc1c(Cl)cc(Br)cc1Cl)C(=O)O. The largest absolute Gasteiger partial charge is 0.480 e. The van der Waals surface area contributed by atoms with Crippen LogP contribution in [-0.2, 0) is 4.79 Å². The Kier molecular flexibility index (Phi) is 5.56. The van der Waals surface area contributed by atoms with Gasteiger partial charge in [0.05, 0.1) is 15.7 Å². The minimum atomic E-state index is -0.915. The van der Waals surface area contributed by atoms with E-state index >= 15 is 0 Å². The smallest absolute Gasteiger partial charge is 0.326 e. The molecule has 1 unspecified atom stereocenters. The van der Waals surface area contributed by atoms with E-state index < -0.39 is 12.0 Å². The highest BCUT2D eigenvalue weighted by Crippen LogP contribution is 2.34. The average Bonchev–Trinajstić information content (AvgIpc) is 2.21. The molecule has 0 amide bonds. The lowest BCUT2D eigenvalue weighted by atomic mass is 10.1. The summed E-state index contributed by atoms with van der Waals surface area (Å²) in [4.78, 5) is 11.0. The number of halogens is 3. The minimum Gasteiger partial charge on any atom is -0.480 e. The number of carboxylic acids is 1. The minimum absolute atomic E-state index is 0.395. The third-order valence-electron chi connectivity index (χ3n) is 2.20. The maximum absolute atomic E-state index is 11.0. The number of rotatable bonds is 5. The highest BCUT2D eigenvalue weighted by molar-refractivity contribution is 9.10. The number of nitrogens with one attached hydrogen (secondary N) is 1. The van der Waals surface area contributed by atoms with Gasteiger partial charge in [-0.15, -0.1) is 0 Å². The lowest BCUT2D eigenvalue weighted by Gasteiger charge is -2.17. The van der Waals surface area contributed by atoms with Gasteiger partial charge in [0, 0.05) is 4.47 Å². The van der Waals surface area contributed by atoms with Gasteiger partial charge in [-0.25, -0.2) is 4.79 Å². The first-order chi connectivity index (χ1) is 7.95. The van der Waals surface area contributed by atoms with Crippen LogP contribution in [0.5, 0.6) is 0 Å². The molecule has 94 valence electrons. The third-order valence-corrected chi connectivity index (χ3v) is 3.25. The molecule has 0 spiro atoms. The topological polar surface area (TPSA) is 49.3 Å². The van der Waals surface area contributed by atoms with Crippen LogP contribution in [0.15, 0.2) is 16.6 Å². The fourth-order valence-electron chi connectivity index (χ4n) is 1.40. The molecule has 0 aromatic heterocycles. The second-order valence-electron chi connectivity index (χ2n) is 3.57. The fourth-order valence-corrected chi connectivity index (χ4v) is 2.72. The number of benzene rings is 1. The van der Waals surface area contributed by atoms with Crippen molar-refractivity contribution >= 4 is 50.8 Å². The second kappa shape index (κ2) is 6.47. The van der Waals surface area contributed by atoms with Crippen LogP contribution >= 0.6 is 39.1 Å². The quantitative estimate of drug-likeness (QED) is 0.834. The Bertz CT molecular complexity index is 403. The summed E-state index contributed by atoms with van der Waals surface area (Å²) in [5.41, 5.74) is 0.456. The molecule has 0 bridgehead atoms. The zero-order chi connectivity index (χ0) is 13.0. The standard InChI is InChI=1S/C11H12BrCl2NO2/c1-2-3-9(11(16)17)15-10-7(13)4-6(12)5-8(10)14/h4-5,9,15H,2-3H2,1H3,(H,16,17). The Hall–Kier alpha value is -0.450. The van der Waals surface area contributed by atoms with E-state index in [0.29, 0.717) is 22.2 Å². The highest BCUT2D eigenvalue weighted by Gasteiger charge is 2.19. The molecule has 1 aromatic rings. The first kappa shape index (κ1) is 14.6. The van der Waals surface area contributed by atoms with Crippen LogP contribution in [0.3, 0.4) is 0 Å². The van der Waals surface area contributed by atoms with Gasteiger partial charge >= 0.3 is 5.97 Å². The fraction of sp³-hybridized carbons (Fsp3) is 0.364. The lowest BCUT2D eigenvalue weighted by Crippen LogP contribution is -2.29. The predicted octanol–water partition coefficient (Wildman–Crippen LogP) is 4.42. The lowest BCUT2D eigenvalue weighted by molar-refractivity contribution is -0.138. The molecule has 0 aliphatic rings. The van der Waals surface area contributed by atoms with Crippen molar-refractivity contribution in [2.75, 3.05) is 5.32 Å². The van der Waals surface area contributed by atoms with Crippen molar-refractivity contribution in [1.82, 2.24) is 0 Å². The van der Waals surface area contributed by atoms with Crippen molar-refractivity contribution in [3.05, 3.63) is 26.7 Å². The van der Waals surface area contributed by atoms with Gasteiger partial charge in [0.25, 0.3) is 0 Å². The Morgan fingerprint density at radius 2 is 2.00 bits per heavy atom. The van der Waals surface area contributed by atoms with Crippen LogP contribution in [0.2, 0.25) is 10.0 Å². The summed E-state index contributed by atoms with van der Waals surface area (Å²) >= 11 is 15.3. The van der Waals surface area contributed by atoms with E-state index in [1.54, 1.807) is 12.1 Å². The predicted molar refractivity (Wildman–Crippen MR) is 74.1 cm³/mol. The summed E-state index contributed by atoms with van der Waals surface area (Å²) in [6, 6.07) is 2.65. The molecule has 3 nitrogen and oxygen atoms in total. The molecule has 1 atom stereocenters. The van der Waals surface area contributed by atoms with E-state index in [1.165, 1.54) is 0 Å². The van der Waals surface area contributed by atoms with Crippen molar-refractivity contribution in [2.45, 2.75) is 25.8 Å². The summed E-state index contributed by atoms with van der Waals surface area (Å²) in [7, 11) is 0. The number of hydrogen-bond acceptors (Lipinski definition) is 2. The first-order valence-electron chi connectivity index (χ1n) is 5.09. The van der Waals surface area contributed by atoms with E-state index in [2.05, 4.69) is 21.2 Å². The molecular formula is C11H12BrCl2NO2. The van der Waals surface area contributed by atoms with Gasteiger partial charge in [-0.05, 0) is 18.6 Å². The van der Waals surface area contributed by atoms with E-state index in [0.717, 1.165) is 10.9 Å². The number of aliphatic carboxylic acids is 1. The first-order valence-corrected chi connectivity index (χ1v) is 6.64. The van der Waals surface area contributed by atoms with Crippen LogP contribution < -0.4 is 5.32 Å². The molecule has 2 N–H and O–H groups in total. The summed E-state index contributed by atoms with van der Waals surface area (Å²) in [5.74, 6) is -0.915. The van der Waals surface area contributed by atoms with Gasteiger partial charge < -0.3 is 10.4 Å². The number of anilines is 1. The van der Waals surface area contributed by atoms with E-state index in [-0.39, 0.29) is 0 Å². The van der Waals surface area contributed by atoms with Crippen molar-refractivity contribution < 1.29 is 9.90 Å². The van der Waals surface area contributed by atoms with Gasteiger partial charge in [0.1, 0.15) is 6.04 Å². The molecule has 6 heteroatoms. The molecule has 17 heavy (non-hydrogen) atoms. The number of hydrogen-bond donors (Lipinski definition) is 2. The summed E-state index contributed by atoms with van der Waals surface area (Å²) in [6.07, 6.45) is 1.27. The van der Waals surface area contributed by atoms with Crippen molar-refractivity contribution in [2.24, 2.45) is 0 Å². The van der Waals surface area contributed by atoms with Crippen molar-refractivity contribution in [3.63, 3.8) is 0 Å². The zero-order valence-electron chi connectivity index (χ0n) is 9.14. The zero-order valence-corrected chi connectivity index (χ0v) is 12.2. The maximum Gasteiger partial charge on any atom is 0.326 e. The third kappa shape index (κ3) is 4.05. The van der Waals surface area contributed by atoms with Gasteiger partial charge in [-0.1, -0.05) is 52.5 Å². The summed E-state index contributed by atoms with van der Waals surface area (Å²) in [5, 5.41) is 12.7. The van der Waals surface area contributed by atoms with E-state index in [9.17, 15) is 4.79 Å². The summed E-state index contributed by atoms with van der Waals surface area (Å²) in [6.45, 7) is 1.92. The Morgan fingerprint density at radius 1 is 1.47 bits per heavy atom. The monoisotopic (exact) mass is 339 g/mol. The molecule has 0 aliphatic heterocycles. The molecule has 1 aromatic carbocycles. The van der Waals surface area contributed by atoms with Crippen LogP contribution in [-0.4, -0.2) is 17.1 Å². The van der Waals surface area contributed by atoms with E-state index in [4.69, 9.17) is 28.3 Å². The van der Waals surface area contributed by atoms with Crippen LogP contribution in [0.4, 0.5) is 5.69 Å². The van der Waals surface area contributed by atoms with Gasteiger partial charge in [-0.2, -0.15) is 0 Å². The Morgan fingerprint density at radius 3 is 2.41 bits per heavy atom. The molecular weight excluding hydrogens is 329 g/mol. The maximum atomic E-state index is 11.0. The van der Waals surface area contributed by atoms with Crippen molar-refractivity contribution in [3.8, 4) is 0 Å². The summed E-state index contributed by atoms with van der Waals surface area (Å²) < 4.78 is 0.750. The normalized spacial score (nSPS) is 12.2. The van der Waals surface area contributed by atoms with Crippen LogP contribution in [0, 0.1) is 0 Å². The Balaban J connectivity index is 2.97. The van der Waals surface area contributed by atoms with Crippen molar-refractivity contribution in [1.29, 1.82) is 0 Å². The van der Waals surface area contributed by atoms with Gasteiger partial charge in [0.2, 0.25) is 0 Å². The molecule has 0 saturated carbocycles. The number of carboxylic acid groups (broad SMARTS) is 1.